The van der Waals surface area contributed by atoms with Crippen LogP contribution in [0.5, 0.6) is 17.4 Å². The third kappa shape index (κ3) is 12.5. The van der Waals surface area contributed by atoms with Crippen molar-refractivity contribution in [3.8, 4) is 17.4 Å². The molecule has 0 aliphatic rings. The van der Waals surface area contributed by atoms with E-state index in [0.29, 0.717) is 36.5 Å². The van der Waals surface area contributed by atoms with E-state index in [1.165, 1.54) is 70.0 Å². The van der Waals surface area contributed by atoms with Crippen molar-refractivity contribution in [2.24, 2.45) is 0 Å². The fraction of sp³-hybridized carbons (Fsp3) is 0.200. The zero-order chi connectivity index (χ0) is 37.3. The van der Waals surface area contributed by atoms with Crippen LogP contribution < -0.4 is 15.4 Å². The van der Waals surface area contributed by atoms with Gasteiger partial charge in [-0.25, -0.2) is 27.8 Å². The molecule has 21 heteroatoms. The Kier molecular flexibility index (Phi) is 13.4. The van der Waals surface area contributed by atoms with Crippen molar-refractivity contribution in [2.75, 3.05) is 23.7 Å². The van der Waals surface area contributed by atoms with Gasteiger partial charge in [0, 0.05) is 31.3 Å². The lowest BCUT2D eigenvalue weighted by Gasteiger charge is -2.12. The first-order chi connectivity index (χ1) is 24.0. The minimum Gasteiger partial charge on any atom is -0.508 e. The molecule has 6 aromatic rings. The fourth-order valence-electron chi connectivity index (χ4n) is 3.95. The summed E-state index contributed by atoms with van der Waals surface area (Å²) in [5, 5.41) is 22.2. The molecule has 0 unspecified atom stereocenters. The summed E-state index contributed by atoms with van der Waals surface area (Å²) in [7, 11) is 0. The molecule has 0 bridgehead atoms. The second-order valence-corrected chi connectivity index (χ2v) is 12.5. The zero-order valence-electron chi connectivity index (χ0n) is 25.5. The Morgan fingerprint density at radius 2 is 1.20 bits per heavy atom. The van der Waals surface area contributed by atoms with E-state index in [0.717, 1.165) is 6.07 Å². The van der Waals surface area contributed by atoms with Crippen LogP contribution in [0.15, 0.2) is 86.9 Å². The molecule has 0 saturated carbocycles. The lowest BCUT2D eigenvalue weighted by molar-refractivity contribution is -0.132. The van der Waals surface area contributed by atoms with Crippen molar-refractivity contribution in [3.63, 3.8) is 0 Å². The van der Waals surface area contributed by atoms with Gasteiger partial charge in [0.15, 0.2) is 11.3 Å². The van der Waals surface area contributed by atoms with Gasteiger partial charge in [-0.2, -0.15) is 31.4 Å². The van der Waals surface area contributed by atoms with Gasteiger partial charge >= 0.3 is 12.4 Å². The molecule has 0 saturated heterocycles. The summed E-state index contributed by atoms with van der Waals surface area (Å²) in [4.78, 5) is 8.15. The molecule has 0 radical (unpaired) electrons. The number of phenolic OH excluding ortho intramolecular Hbond substituents is 1. The van der Waals surface area contributed by atoms with E-state index >= 15 is 0 Å². The van der Waals surface area contributed by atoms with Gasteiger partial charge in [0.25, 0.3) is 0 Å². The van der Waals surface area contributed by atoms with Crippen molar-refractivity contribution in [3.05, 3.63) is 98.5 Å². The van der Waals surface area contributed by atoms with Crippen molar-refractivity contribution >= 4 is 70.5 Å². The summed E-state index contributed by atoms with van der Waals surface area (Å²) in [6, 6.07) is 13.6. The van der Waals surface area contributed by atoms with E-state index in [9.17, 15) is 35.1 Å². The molecule has 51 heavy (non-hydrogen) atoms. The summed E-state index contributed by atoms with van der Waals surface area (Å²) in [5.74, 6) is -0.642. The number of rotatable bonds is 8. The Labute approximate surface area is 308 Å². The standard InChI is InChI=1S/C15H11BrF4N4O.C9H7Br2F3N4.C6H5FO/c16-12-8-22-14-11(21-5-4-15(18,19)20)7-13(23-24(12)14)25-10-3-1-2-9(17)6-10;10-6-3-5(15-2-1-9(12,13)14)8-16-4-7(11)18(8)17-6;7-5-2-1-3-6(8)4-5/h1-3,6-8,21H,4-5H2;3-4,15H,1-2H2;1-4,8H. The monoisotopic (exact) mass is 916 g/mol. The first-order valence-electron chi connectivity index (χ1n) is 14.2. The van der Waals surface area contributed by atoms with Crippen LogP contribution in [0.4, 0.5) is 46.5 Å². The molecule has 0 atom stereocenters. The molecule has 4 heterocycles. The summed E-state index contributed by atoms with van der Waals surface area (Å²) in [6.07, 6.45) is -7.35. The molecule has 0 amide bonds. The summed E-state index contributed by atoms with van der Waals surface area (Å²) < 4.78 is 108. The first-order valence-corrected chi connectivity index (χ1v) is 16.6. The number of hydrogen-bond donors (Lipinski definition) is 3. The SMILES string of the molecule is FC(F)(F)CCNc1cc(Br)nn2c(Br)cnc12.Fc1cccc(Oc2cc(NCCC(F)(F)F)c3ncc(Br)n3n2)c1.Oc1cccc(F)c1. The third-order valence-corrected chi connectivity index (χ3v) is 7.54. The Balaban J connectivity index is 0.000000194. The van der Waals surface area contributed by atoms with Crippen LogP contribution in [0.2, 0.25) is 0 Å². The van der Waals surface area contributed by atoms with Crippen LogP contribution in [0.25, 0.3) is 11.3 Å². The number of benzene rings is 2. The van der Waals surface area contributed by atoms with Crippen molar-refractivity contribution in [1.82, 2.24) is 29.2 Å². The second-order valence-electron chi connectivity index (χ2n) is 10.0. The van der Waals surface area contributed by atoms with Crippen molar-refractivity contribution in [2.45, 2.75) is 25.2 Å². The second kappa shape index (κ2) is 17.3. The van der Waals surface area contributed by atoms with Gasteiger partial charge in [-0.1, -0.05) is 12.1 Å². The van der Waals surface area contributed by atoms with Crippen LogP contribution in [0.3, 0.4) is 0 Å². The summed E-state index contributed by atoms with van der Waals surface area (Å²) in [5.41, 5.74) is 1.61. The molecular formula is C30H23Br3F8N8O2. The highest BCUT2D eigenvalue weighted by atomic mass is 79.9. The molecular weight excluding hydrogens is 896 g/mol. The topological polar surface area (TPSA) is 114 Å². The van der Waals surface area contributed by atoms with Gasteiger partial charge in [0.05, 0.1) is 36.6 Å². The highest BCUT2D eigenvalue weighted by Crippen LogP contribution is 2.28. The average molecular weight is 919 g/mol. The number of aromatic nitrogens is 6. The predicted molar refractivity (Wildman–Crippen MR) is 182 cm³/mol. The Morgan fingerprint density at radius 1 is 0.686 bits per heavy atom. The van der Waals surface area contributed by atoms with E-state index in [-0.39, 0.29) is 30.5 Å². The van der Waals surface area contributed by atoms with E-state index in [2.05, 4.69) is 78.6 Å². The lowest BCUT2D eigenvalue weighted by atomic mass is 10.3. The smallest absolute Gasteiger partial charge is 0.390 e. The highest BCUT2D eigenvalue weighted by Gasteiger charge is 2.27. The predicted octanol–water partition coefficient (Wildman–Crippen LogP) is 9.94. The van der Waals surface area contributed by atoms with Crippen molar-refractivity contribution in [1.29, 1.82) is 0 Å². The Hall–Kier alpha value is -4.24. The minimum atomic E-state index is -4.27. The number of phenols is 1. The molecule has 4 aromatic heterocycles. The zero-order valence-corrected chi connectivity index (χ0v) is 30.2. The largest absolute Gasteiger partial charge is 0.508 e. The number of nitrogens with zero attached hydrogens (tertiary/aromatic N) is 6. The van der Waals surface area contributed by atoms with E-state index in [4.69, 9.17) is 9.84 Å². The van der Waals surface area contributed by atoms with Gasteiger partial charge in [-0.3, -0.25) is 0 Å². The van der Waals surface area contributed by atoms with E-state index < -0.39 is 36.8 Å². The molecule has 3 N–H and O–H groups in total. The van der Waals surface area contributed by atoms with Gasteiger partial charge < -0.3 is 20.5 Å². The van der Waals surface area contributed by atoms with Crippen LogP contribution in [0, 0.1) is 11.6 Å². The highest BCUT2D eigenvalue weighted by molar-refractivity contribution is 9.11. The summed E-state index contributed by atoms with van der Waals surface area (Å²) >= 11 is 9.68. The molecule has 0 spiro atoms. The van der Waals surface area contributed by atoms with Gasteiger partial charge in [0.1, 0.15) is 36.9 Å². The normalized spacial score (nSPS) is 11.4. The van der Waals surface area contributed by atoms with Crippen LogP contribution >= 0.6 is 47.8 Å². The number of anilines is 2. The van der Waals surface area contributed by atoms with E-state index in [1.54, 1.807) is 6.07 Å². The lowest BCUT2D eigenvalue weighted by Crippen LogP contribution is -2.15. The maximum Gasteiger partial charge on any atom is 0.390 e. The number of fused-ring (bicyclic) bond motifs is 2. The molecule has 10 nitrogen and oxygen atoms in total. The Morgan fingerprint density at radius 3 is 1.69 bits per heavy atom. The number of aromatic hydroxyl groups is 1. The Bertz CT molecular complexity index is 2060. The number of alkyl halides is 6. The number of hydrogen-bond acceptors (Lipinski definition) is 8. The molecule has 272 valence electrons. The summed E-state index contributed by atoms with van der Waals surface area (Å²) in [6.45, 7) is -0.535. The van der Waals surface area contributed by atoms with Crippen LogP contribution in [-0.4, -0.2) is 59.7 Å². The maximum atomic E-state index is 13.3. The molecule has 2 aromatic carbocycles. The first kappa shape index (κ1) is 39.5. The maximum absolute atomic E-state index is 13.3. The number of ether oxygens (including phenoxy) is 1. The van der Waals surface area contributed by atoms with E-state index in [1.807, 2.05) is 0 Å². The molecule has 6 rings (SSSR count). The fourth-order valence-corrected chi connectivity index (χ4v) is 5.03. The number of imidazole rings is 2. The molecule has 0 fully saturated rings. The number of halogens is 11. The van der Waals surface area contributed by atoms with Gasteiger partial charge in [-0.05, 0) is 78.1 Å². The number of nitrogens with one attached hydrogen (secondary N) is 2. The third-order valence-electron chi connectivity index (χ3n) is 6.07. The molecule has 0 aliphatic carbocycles. The molecule has 0 aliphatic heterocycles. The van der Waals surface area contributed by atoms with Crippen LogP contribution in [0.1, 0.15) is 12.8 Å². The van der Waals surface area contributed by atoms with Gasteiger partial charge in [0.2, 0.25) is 5.88 Å². The quantitative estimate of drug-likeness (QED) is 0.129. The van der Waals surface area contributed by atoms with Crippen LogP contribution in [-0.2, 0) is 0 Å². The van der Waals surface area contributed by atoms with Crippen molar-refractivity contribution < 1.29 is 45.0 Å². The average Bonchev–Trinajstić information content (AvgIpc) is 3.58. The minimum absolute atomic E-state index is 0.0370. The van der Waals surface area contributed by atoms with Gasteiger partial charge in [-0.15, -0.1) is 5.10 Å².